The van der Waals surface area contributed by atoms with Crippen LogP contribution in [0.4, 0.5) is 0 Å². The molecule has 5 nitrogen and oxygen atoms in total. The monoisotopic (exact) mass is 161 g/mol. The summed E-state index contributed by atoms with van der Waals surface area (Å²) in [5.74, 6) is 0.308. The highest BCUT2D eigenvalue weighted by Gasteiger charge is 2.15. The first kappa shape index (κ1) is 7.20. The second kappa shape index (κ2) is 2.37. The predicted octanol–water partition coefficient (Wildman–Crippen LogP) is -0.676. The van der Waals surface area contributed by atoms with Gasteiger partial charge in [-0.05, 0) is 6.92 Å². The molecule has 1 heterocycles. The van der Waals surface area contributed by atoms with Gasteiger partial charge in [-0.2, -0.15) is 8.42 Å². The van der Waals surface area contributed by atoms with E-state index in [2.05, 4.69) is 14.1 Å². The normalized spacial score (nSPS) is 25.1. The lowest BCUT2D eigenvalue weighted by Gasteiger charge is -1.90. The van der Waals surface area contributed by atoms with Crippen LogP contribution in [0.25, 0.3) is 0 Å². The van der Waals surface area contributed by atoms with Crippen LogP contribution in [0.5, 0.6) is 0 Å². The summed E-state index contributed by atoms with van der Waals surface area (Å²) in [5, 5.41) is 0. The van der Waals surface area contributed by atoms with E-state index in [1.165, 1.54) is 6.21 Å². The van der Waals surface area contributed by atoms with Crippen LogP contribution in [-0.2, 0) is 10.2 Å². The molecule has 0 bridgehead atoms. The molecule has 0 aromatic heterocycles. The van der Waals surface area contributed by atoms with E-state index in [1.54, 1.807) is 0 Å². The fraction of sp³-hybridized carbons (Fsp3) is 0.500. The van der Waals surface area contributed by atoms with E-state index < -0.39 is 10.2 Å². The van der Waals surface area contributed by atoms with Gasteiger partial charge in [0.2, 0.25) is 0 Å². The molecule has 0 saturated carbocycles. The zero-order valence-electron chi connectivity index (χ0n) is 5.40. The molecule has 1 aliphatic heterocycles. The zero-order valence-corrected chi connectivity index (χ0v) is 6.22. The Morgan fingerprint density at radius 1 is 1.80 bits per heavy atom. The third-order valence-corrected chi connectivity index (χ3v) is 1.73. The van der Waals surface area contributed by atoms with Crippen molar-refractivity contribution in [3.05, 3.63) is 0 Å². The van der Waals surface area contributed by atoms with Gasteiger partial charge in [-0.25, -0.2) is 4.72 Å². The van der Waals surface area contributed by atoms with Crippen LogP contribution in [0.1, 0.15) is 6.92 Å². The van der Waals surface area contributed by atoms with E-state index in [1.807, 2.05) is 6.92 Å². The van der Waals surface area contributed by atoms with Crippen LogP contribution >= 0.6 is 0 Å². The standard InChI is InChI=1S/C4H7N3O2S/c1-2-5-4-3-6-10(8,9)7-4/h3H,2H2,1H3,(H,5,7). The third kappa shape index (κ3) is 1.53. The quantitative estimate of drug-likeness (QED) is 0.553. The Bertz CT molecular complexity index is 277. The van der Waals surface area contributed by atoms with Crippen LogP contribution in [0.15, 0.2) is 9.39 Å². The minimum Gasteiger partial charge on any atom is -0.267 e. The fourth-order valence-electron chi connectivity index (χ4n) is 0.548. The van der Waals surface area contributed by atoms with Gasteiger partial charge in [0.05, 0.1) is 6.21 Å². The van der Waals surface area contributed by atoms with Gasteiger partial charge in [-0.15, -0.1) is 4.40 Å². The molecule has 0 aromatic carbocycles. The Balaban J connectivity index is 2.81. The molecule has 6 heteroatoms. The summed E-state index contributed by atoms with van der Waals surface area (Å²) in [5.41, 5.74) is 0. The van der Waals surface area contributed by atoms with Crippen LogP contribution in [0, 0.1) is 0 Å². The van der Waals surface area contributed by atoms with E-state index in [-0.39, 0.29) is 0 Å². The maximum absolute atomic E-state index is 10.5. The number of hydrogen-bond donors (Lipinski definition) is 1. The molecular formula is C4H7N3O2S. The van der Waals surface area contributed by atoms with Crippen LogP contribution in [0.2, 0.25) is 0 Å². The van der Waals surface area contributed by atoms with Crippen molar-refractivity contribution >= 4 is 22.3 Å². The summed E-state index contributed by atoms with van der Waals surface area (Å²) in [6, 6.07) is 0. The van der Waals surface area contributed by atoms with Gasteiger partial charge in [0.1, 0.15) is 0 Å². The minimum atomic E-state index is -3.43. The van der Waals surface area contributed by atoms with Crippen LogP contribution in [-0.4, -0.2) is 27.0 Å². The lowest BCUT2D eigenvalue weighted by molar-refractivity contribution is 0.596. The predicted molar refractivity (Wildman–Crippen MR) is 38.5 cm³/mol. The SMILES string of the molecule is CCN=C1C=NS(=O)(=O)N1. The zero-order chi connectivity index (χ0) is 7.61. The summed E-state index contributed by atoms with van der Waals surface area (Å²) in [6.45, 7) is 2.36. The molecule has 10 heavy (non-hydrogen) atoms. The summed E-state index contributed by atoms with van der Waals surface area (Å²) >= 11 is 0. The highest BCUT2D eigenvalue weighted by Crippen LogP contribution is 1.92. The second-order valence-electron chi connectivity index (χ2n) is 1.67. The maximum atomic E-state index is 10.5. The number of rotatable bonds is 1. The Kier molecular flexibility index (Phi) is 1.71. The van der Waals surface area contributed by atoms with E-state index in [4.69, 9.17) is 0 Å². The molecule has 0 fully saturated rings. The highest BCUT2D eigenvalue weighted by molar-refractivity contribution is 7.89. The van der Waals surface area contributed by atoms with Crippen molar-refractivity contribution in [1.29, 1.82) is 0 Å². The largest absolute Gasteiger partial charge is 0.343 e. The van der Waals surface area contributed by atoms with Gasteiger partial charge in [0.25, 0.3) is 0 Å². The Morgan fingerprint density at radius 3 is 2.90 bits per heavy atom. The van der Waals surface area contributed by atoms with E-state index >= 15 is 0 Å². The Labute approximate surface area is 59.1 Å². The van der Waals surface area contributed by atoms with Crippen molar-refractivity contribution in [1.82, 2.24) is 4.72 Å². The molecule has 0 amide bonds. The molecule has 0 spiro atoms. The lowest BCUT2D eigenvalue weighted by atomic mass is 10.6. The van der Waals surface area contributed by atoms with E-state index in [0.29, 0.717) is 12.4 Å². The molecule has 0 atom stereocenters. The smallest absolute Gasteiger partial charge is 0.267 e. The van der Waals surface area contributed by atoms with Gasteiger partial charge in [-0.1, -0.05) is 0 Å². The van der Waals surface area contributed by atoms with Crippen LogP contribution < -0.4 is 4.72 Å². The summed E-state index contributed by atoms with van der Waals surface area (Å²) in [7, 11) is -3.43. The van der Waals surface area contributed by atoms with Gasteiger partial charge in [0.15, 0.2) is 5.84 Å². The third-order valence-electron chi connectivity index (χ3n) is 0.876. The molecule has 0 saturated heterocycles. The molecule has 56 valence electrons. The Hall–Kier alpha value is -0.910. The van der Waals surface area contributed by atoms with Crippen molar-refractivity contribution in [2.24, 2.45) is 9.39 Å². The van der Waals surface area contributed by atoms with Crippen molar-refractivity contribution in [2.75, 3.05) is 6.54 Å². The number of hydrogen-bond acceptors (Lipinski definition) is 3. The Morgan fingerprint density at radius 2 is 2.50 bits per heavy atom. The van der Waals surface area contributed by atoms with Gasteiger partial charge in [-0.3, -0.25) is 4.99 Å². The molecule has 0 aromatic rings. The number of nitrogens with zero attached hydrogens (tertiary/aromatic N) is 2. The van der Waals surface area contributed by atoms with Crippen molar-refractivity contribution in [3.8, 4) is 0 Å². The molecule has 1 aliphatic rings. The number of nitrogens with one attached hydrogen (secondary N) is 1. The first-order valence-electron chi connectivity index (χ1n) is 2.76. The average molecular weight is 161 g/mol. The van der Waals surface area contributed by atoms with Crippen LogP contribution in [0.3, 0.4) is 0 Å². The molecule has 0 unspecified atom stereocenters. The summed E-state index contributed by atoms with van der Waals surface area (Å²) in [4.78, 5) is 3.80. The lowest BCUT2D eigenvalue weighted by Crippen LogP contribution is -2.22. The van der Waals surface area contributed by atoms with E-state index in [0.717, 1.165) is 0 Å². The minimum absolute atomic E-state index is 0.308. The molecule has 1 rings (SSSR count). The topological polar surface area (TPSA) is 70.9 Å². The number of aliphatic imine (C=N–C) groups is 1. The van der Waals surface area contributed by atoms with Crippen molar-refractivity contribution in [2.45, 2.75) is 6.92 Å². The average Bonchev–Trinajstić information content (AvgIpc) is 2.12. The molecule has 0 aliphatic carbocycles. The summed E-state index contributed by atoms with van der Waals surface area (Å²) in [6.07, 6.45) is 1.19. The second-order valence-corrected chi connectivity index (χ2v) is 3.04. The van der Waals surface area contributed by atoms with Gasteiger partial charge >= 0.3 is 10.2 Å². The molecule has 0 radical (unpaired) electrons. The van der Waals surface area contributed by atoms with Gasteiger partial charge < -0.3 is 0 Å². The maximum Gasteiger partial charge on any atom is 0.343 e. The first-order chi connectivity index (χ1) is 4.64. The van der Waals surface area contributed by atoms with Crippen molar-refractivity contribution < 1.29 is 8.42 Å². The van der Waals surface area contributed by atoms with Crippen molar-refractivity contribution in [3.63, 3.8) is 0 Å². The summed E-state index contributed by atoms with van der Waals surface area (Å²) < 4.78 is 26.4. The molecular weight excluding hydrogens is 154 g/mol. The number of amidine groups is 1. The van der Waals surface area contributed by atoms with E-state index in [9.17, 15) is 8.42 Å². The first-order valence-corrected chi connectivity index (χ1v) is 4.20. The van der Waals surface area contributed by atoms with Gasteiger partial charge in [0, 0.05) is 6.54 Å². The fourth-order valence-corrected chi connectivity index (χ4v) is 1.22. The molecule has 1 N–H and O–H groups in total. The highest BCUT2D eigenvalue weighted by atomic mass is 32.2.